The van der Waals surface area contributed by atoms with E-state index >= 15 is 0 Å². The fraction of sp³-hybridized carbons (Fsp3) is 0.590. The van der Waals surface area contributed by atoms with E-state index in [4.69, 9.17) is 4.74 Å². The molecule has 0 spiro atoms. The maximum absolute atomic E-state index is 13.3. The SMILES string of the molecule is CC(=O)NS(=O)(=O)C1(C)CC1.CNC(=O)OC(C)(C)C(F)(F)F.C[C@@H]1CC/C=C\CNC(=O)[C@@H]2C[C@@H](Oc3nc4nccn4c4ccccc34)CN2C(=O)C[C@H](C)C1.[HH].[HH].[HH]. The molecule has 1 aliphatic carbocycles. The van der Waals surface area contributed by atoms with Crippen molar-refractivity contribution in [1.29, 1.82) is 0 Å². The highest BCUT2D eigenvalue weighted by molar-refractivity contribution is 7.91. The summed E-state index contributed by atoms with van der Waals surface area (Å²) in [6.07, 6.45) is 7.00. The Kier molecular flexibility index (Phi) is 14.8. The van der Waals surface area contributed by atoms with E-state index in [1.807, 2.05) is 51.0 Å². The van der Waals surface area contributed by atoms with Gasteiger partial charge < -0.3 is 25.0 Å². The van der Waals surface area contributed by atoms with E-state index in [1.165, 1.54) is 14.0 Å². The third-order valence-electron chi connectivity index (χ3n) is 10.2. The van der Waals surface area contributed by atoms with Gasteiger partial charge in [-0.3, -0.25) is 23.5 Å². The lowest BCUT2D eigenvalue weighted by molar-refractivity contribution is -0.243. The molecule has 1 saturated carbocycles. The number of carbonyl (C=O) groups is 4. The minimum Gasteiger partial charge on any atom is -0.472 e. The highest BCUT2D eigenvalue weighted by Crippen LogP contribution is 2.42. The van der Waals surface area contributed by atoms with Crippen molar-refractivity contribution in [3.05, 3.63) is 48.8 Å². The Morgan fingerprint density at radius 1 is 1.07 bits per heavy atom. The molecular weight excluding hydrogens is 784 g/mol. The number of hydrogen-bond acceptors (Lipinski definition) is 10. The van der Waals surface area contributed by atoms with Crippen molar-refractivity contribution in [3.63, 3.8) is 0 Å². The first-order chi connectivity index (χ1) is 27.1. The van der Waals surface area contributed by atoms with Crippen molar-refractivity contribution in [2.75, 3.05) is 20.1 Å². The van der Waals surface area contributed by atoms with Gasteiger partial charge in [0.15, 0.2) is 0 Å². The average molecular weight is 844 g/mol. The second kappa shape index (κ2) is 18.8. The van der Waals surface area contributed by atoms with Gasteiger partial charge in [-0.2, -0.15) is 18.2 Å². The maximum atomic E-state index is 13.3. The number of hydrogen-bond donors (Lipinski definition) is 3. The molecule has 326 valence electrons. The summed E-state index contributed by atoms with van der Waals surface area (Å²) < 4.78 is 72.1. The number of sulfonamides is 1. The summed E-state index contributed by atoms with van der Waals surface area (Å²) in [5, 5.41) is 5.78. The van der Waals surface area contributed by atoms with Gasteiger partial charge in [-0.1, -0.05) is 38.1 Å². The molecule has 0 radical (unpaired) electrons. The Morgan fingerprint density at radius 2 is 1.76 bits per heavy atom. The summed E-state index contributed by atoms with van der Waals surface area (Å²) >= 11 is 0. The molecular formula is C39H60F3N7O8S. The zero-order chi connectivity index (χ0) is 43.1. The van der Waals surface area contributed by atoms with E-state index in [-0.39, 0.29) is 28.1 Å². The maximum Gasteiger partial charge on any atom is 0.427 e. The first kappa shape index (κ1) is 45.8. The van der Waals surface area contributed by atoms with Crippen LogP contribution in [0.5, 0.6) is 5.88 Å². The van der Waals surface area contributed by atoms with Crippen LogP contribution in [0.2, 0.25) is 0 Å². The topological polar surface area (TPSA) is 190 Å². The van der Waals surface area contributed by atoms with Crippen LogP contribution in [0.1, 0.15) is 90.8 Å². The van der Waals surface area contributed by atoms with Gasteiger partial charge in [0.25, 0.3) is 0 Å². The average Bonchev–Trinajstić information content (AvgIpc) is 3.51. The Morgan fingerprint density at radius 3 is 2.40 bits per heavy atom. The van der Waals surface area contributed by atoms with E-state index in [9.17, 15) is 40.8 Å². The van der Waals surface area contributed by atoms with Gasteiger partial charge >= 0.3 is 12.3 Å². The second-order valence-corrected chi connectivity index (χ2v) is 18.0. The first-order valence-corrected chi connectivity index (χ1v) is 20.7. The van der Waals surface area contributed by atoms with Gasteiger partial charge in [0.1, 0.15) is 12.1 Å². The van der Waals surface area contributed by atoms with Gasteiger partial charge in [-0.25, -0.2) is 18.2 Å². The number of nitrogens with one attached hydrogen (secondary N) is 3. The monoisotopic (exact) mass is 843 g/mol. The molecule has 0 bridgehead atoms. The number of amides is 4. The van der Waals surface area contributed by atoms with Crippen LogP contribution in [0.3, 0.4) is 0 Å². The van der Waals surface area contributed by atoms with E-state index in [2.05, 4.69) is 39.9 Å². The molecule has 2 fully saturated rings. The molecule has 4 heterocycles. The number of alkyl carbamates (subject to hydrolysis) is 1. The zero-order valence-electron chi connectivity index (χ0n) is 33.9. The van der Waals surface area contributed by atoms with Crippen molar-refractivity contribution in [2.45, 2.75) is 115 Å². The Balaban J connectivity index is 0.000000593. The van der Waals surface area contributed by atoms with Crippen molar-refractivity contribution in [2.24, 2.45) is 11.8 Å². The lowest BCUT2D eigenvalue weighted by Gasteiger charge is -2.27. The molecule has 3 aliphatic rings. The van der Waals surface area contributed by atoms with E-state index in [1.54, 1.807) is 18.0 Å². The number of allylic oxidation sites excluding steroid dienone is 1. The molecule has 15 nitrogen and oxygen atoms in total. The van der Waals surface area contributed by atoms with Crippen LogP contribution < -0.4 is 20.1 Å². The summed E-state index contributed by atoms with van der Waals surface area (Å²) in [6.45, 7) is 9.61. The standard InChI is InChI=1S/C27H33N5O3.C6H10F3NO2.C6H11NO3S.3H2/c1-18-8-4-3-7-11-28-25(34)23-16-20(17-32(23)24(33)15-19(2)14-18)35-26-21-9-5-6-10-22(21)31-13-12-29-27(31)30-26;1-5(2,6(7,8)9)12-4(11)10-3;1-5(8)7-11(9,10)6(2)3-4-6;;;/h3,5-7,9-10,12-13,18-20,23H,4,8,11,14-17H2,1-2H3,(H,28,34);1-3H3,(H,10,11);3-4H2,1-2H3,(H,7,8);3*1H/b7-3-;;;;;/t18-,19-,20-,23+;;;;;/m1...../s1. The van der Waals surface area contributed by atoms with Crippen LogP contribution in [0.4, 0.5) is 18.0 Å². The predicted molar refractivity (Wildman–Crippen MR) is 216 cm³/mol. The number of carbonyl (C=O) groups excluding carboxylic acids is 4. The summed E-state index contributed by atoms with van der Waals surface area (Å²) in [6, 6.07) is 7.34. The second-order valence-electron chi connectivity index (χ2n) is 15.8. The van der Waals surface area contributed by atoms with Gasteiger partial charge in [0.2, 0.25) is 45.0 Å². The molecule has 6 rings (SSSR count). The van der Waals surface area contributed by atoms with Crippen LogP contribution in [-0.4, -0.2) is 100 Å². The largest absolute Gasteiger partial charge is 0.472 e. The van der Waals surface area contributed by atoms with Crippen molar-refractivity contribution in [3.8, 4) is 5.88 Å². The minimum atomic E-state index is -4.56. The van der Waals surface area contributed by atoms with Crippen LogP contribution in [-0.2, 0) is 29.1 Å². The number of imidazole rings is 1. The highest BCUT2D eigenvalue weighted by atomic mass is 32.2. The zero-order valence-corrected chi connectivity index (χ0v) is 34.7. The molecule has 3 N–H and O–H groups in total. The molecule has 1 aromatic carbocycles. The number of alkyl halides is 3. The molecule has 58 heavy (non-hydrogen) atoms. The quantitative estimate of drug-likeness (QED) is 0.250. The fourth-order valence-corrected chi connectivity index (χ4v) is 7.76. The number of para-hydroxylation sites is 1. The van der Waals surface area contributed by atoms with Crippen LogP contribution in [0.15, 0.2) is 48.8 Å². The molecule has 3 aromatic rings. The molecule has 2 aliphatic heterocycles. The van der Waals surface area contributed by atoms with Crippen molar-refractivity contribution in [1.82, 2.24) is 34.6 Å². The Labute approximate surface area is 341 Å². The number of benzene rings is 1. The number of halogens is 3. The number of nitrogens with zero attached hydrogens (tertiary/aromatic N) is 4. The van der Waals surface area contributed by atoms with Crippen molar-refractivity contribution >= 4 is 50.5 Å². The summed E-state index contributed by atoms with van der Waals surface area (Å²) in [4.78, 5) is 58.0. The first-order valence-electron chi connectivity index (χ1n) is 19.2. The Bertz CT molecular complexity index is 2100. The van der Waals surface area contributed by atoms with E-state index < -0.39 is 44.6 Å². The van der Waals surface area contributed by atoms with E-state index in [0.717, 1.165) is 44.0 Å². The summed E-state index contributed by atoms with van der Waals surface area (Å²) in [5.41, 5.74) is -1.50. The number of rotatable bonds is 5. The van der Waals surface area contributed by atoms with Crippen molar-refractivity contribution < 1.29 is 54.5 Å². The summed E-state index contributed by atoms with van der Waals surface area (Å²) in [5.74, 6) is 1.23. The molecule has 0 unspecified atom stereocenters. The van der Waals surface area contributed by atoms with Gasteiger partial charge in [0.05, 0.1) is 22.2 Å². The Hall–Kier alpha value is -4.94. The minimum absolute atomic E-state index is 0. The lowest BCUT2D eigenvalue weighted by Crippen LogP contribution is -2.46. The van der Waals surface area contributed by atoms with Gasteiger partial charge in [0, 0.05) is 50.0 Å². The van der Waals surface area contributed by atoms with Crippen LogP contribution in [0, 0.1) is 11.8 Å². The third-order valence-corrected chi connectivity index (χ3v) is 12.5. The summed E-state index contributed by atoms with van der Waals surface area (Å²) in [7, 11) is -2.20. The molecule has 4 atom stereocenters. The number of fused-ring (bicyclic) bond motifs is 4. The number of ether oxygens (including phenoxy) is 2. The van der Waals surface area contributed by atoms with Crippen LogP contribution in [0.25, 0.3) is 16.7 Å². The smallest absolute Gasteiger partial charge is 0.427 e. The third kappa shape index (κ3) is 11.8. The fourth-order valence-electron chi connectivity index (χ4n) is 6.50. The van der Waals surface area contributed by atoms with Crippen LogP contribution >= 0.6 is 0 Å². The lowest BCUT2D eigenvalue weighted by atomic mass is 9.91. The predicted octanol–water partition coefficient (Wildman–Crippen LogP) is 6.18. The van der Waals surface area contributed by atoms with Gasteiger partial charge in [-0.15, -0.1) is 0 Å². The molecule has 1 saturated heterocycles. The highest BCUT2D eigenvalue weighted by Gasteiger charge is 2.51. The number of aromatic nitrogens is 3. The van der Waals surface area contributed by atoms with Gasteiger partial charge in [-0.05, 0) is 76.8 Å². The van der Waals surface area contributed by atoms with E-state index in [0.29, 0.717) is 56.3 Å². The molecule has 19 heteroatoms. The molecule has 4 amide bonds. The molecule has 2 aromatic heterocycles. The normalized spacial score (nSPS) is 23.1.